The van der Waals surface area contributed by atoms with Crippen LogP contribution in [0.1, 0.15) is 17.4 Å². The number of hydrogen-bond donors (Lipinski definition) is 1. The molecule has 0 atom stereocenters. The number of amides is 2. The molecule has 1 saturated heterocycles. The van der Waals surface area contributed by atoms with Crippen molar-refractivity contribution in [3.63, 3.8) is 0 Å². The molecular weight excluding hydrogens is 344 g/mol. The van der Waals surface area contributed by atoms with Gasteiger partial charge in [-0.25, -0.2) is 8.78 Å². The Labute approximate surface area is 148 Å². The Morgan fingerprint density at radius 3 is 2.31 bits per heavy atom. The highest BCUT2D eigenvalue weighted by atomic mass is 19.2. The zero-order valence-corrected chi connectivity index (χ0v) is 14.1. The number of halogens is 2. The van der Waals surface area contributed by atoms with E-state index < -0.39 is 17.5 Å². The maximum absolute atomic E-state index is 13.2. The predicted octanol–water partition coefficient (Wildman–Crippen LogP) is 1.68. The van der Waals surface area contributed by atoms with Gasteiger partial charge >= 0.3 is 0 Å². The topological polar surface area (TPSA) is 78.4 Å². The van der Waals surface area contributed by atoms with Crippen molar-refractivity contribution < 1.29 is 18.4 Å². The first-order valence-corrected chi connectivity index (χ1v) is 8.04. The average Bonchev–Trinajstić information content (AvgIpc) is 2.65. The predicted molar refractivity (Wildman–Crippen MR) is 90.8 cm³/mol. The summed E-state index contributed by atoms with van der Waals surface area (Å²) in [5.74, 6) is -1.96. The van der Waals surface area contributed by atoms with Gasteiger partial charge in [-0.3, -0.25) is 9.59 Å². The van der Waals surface area contributed by atoms with Crippen LogP contribution in [-0.4, -0.2) is 53.1 Å². The first-order valence-electron chi connectivity index (χ1n) is 8.04. The van der Waals surface area contributed by atoms with E-state index in [0.717, 1.165) is 12.1 Å². The van der Waals surface area contributed by atoms with Crippen LogP contribution >= 0.6 is 0 Å². The standard InChI is InChI=1S/C17H17F2N5O2/c1-11(25)23-6-8-24(9-7-23)16-5-4-15(21-22-16)17(26)20-12-2-3-13(18)14(19)10-12/h2-5,10H,6-9H2,1H3,(H,20,26). The number of carbonyl (C=O) groups excluding carboxylic acids is 2. The van der Waals surface area contributed by atoms with Crippen molar-refractivity contribution in [1.29, 1.82) is 0 Å². The van der Waals surface area contributed by atoms with Crippen LogP contribution in [0.25, 0.3) is 0 Å². The van der Waals surface area contributed by atoms with Crippen molar-refractivity contribution in [2.24, 2.45) is 0 Å². The molecule has 0 saturated carbocycles. The Morgan fingerprint density at radius 1 is 1.00 bits per heavy atom. The van der Waals surface area contributed by atoms with Gasteiger partial charge in [0.1, 0.15) is 0 Å². The maximum atomic E-state index is 13.2. The lowest BCUT2D eigenvalue weighted by Gasteiger charge is -2.34. The van der Waals surface area contributed by atoms with Crippen LogP contribution < -0.4 is 10.2 Å². The van der Waals surface area contributed by atoms with Crippen LogP contribution in [0.15, 0.2) is 30.3 Å². The van der Waals surface area contributed by atoms with E-state index in [9.17, 15) is 18.4 Å². The summed E-state index contributed by atoms with van der Waals surface area (Å²) in [6.45, 7) is 4.02. The van der Waals surface area contributed by atoms with Crippen molar-refractivity contribution in [2.45, 2.75) is 6.92 Å². The first-order chi connectivity index (χ1) is 12.4. The minimum Gasteiger partial charge on any atom is -0.352 e. The van der Waals surface area contributed by atoms with Crippen LogP contribution in [0.3, 0.4) is 0 Å². The molecule has 0 radical (unpaired) electrons. The third kappa shape index (κ3) is 3.93. The van der Waals surface area contributed by atoms with Crippen molar-refractivity contribution in [1.82, 2.24) is 15.1 Å². The summed E-state index contributed by atoms with van der Waals surface area (Å²) in [7, 11) is 0. The molecule has 1 aliphatic rings. The highest BCUT2D eigenvalue weighted by Gasteiger charge is 2.20. The number of benzene rings is 1. The Hall–Kier alpha value is -3.10. The van der Waals surface area contributed by atoms with E-state index in [1.807, 2.05) is 4.90 Å². The summed E-state index contributed by atoms with van der Waals surface area (Å²) in [5.41, 5.74) is 0.181. The van der Waals surface area contributed by atoms with Crippen LogP contribution in [-0.2, 0) is 4.79 Å². The molecule has 0 bridgehead atoms. The van der Waals surface area contributed by atoms with E-state index >= 15 is 0 Å². The molecule has 1 aromatic carbocycles. The lowest BCUT2D eigenvalue weighted by molar-refractivity contribution is -0.129. The van der Waals surface area contributed by atoms with Crippen LogP contribution in [0.5, 0.6) is 0 Å². The number of anilines is 2. The highest BCUT2D eigenvalue weighted by molar-refractivity contribution is 6.02. The molecule has 2 amide bonds. The van der Waals surface area contributed by atoms with Crippen molar-refractivity contribution in [2.75, 3.05) is 36.4 Å². The van der Waals surface area contributed by atoms with Gasteiger partial charge in [-0.15, -0.1) is 10.2 Å². The zero-order chi connectivity index (χ0) is 18.7. The highest BCUT2D eigenvalue weighted by Crippen LogP contribution is 2.16. The Kier molecular flexibility index (Phi) is 5.06. The van der Waals surface area contributed by atoms with E-state index in [4.69, 9.17) is 0 Å². The summed E-state index contributed by atoms with van der Waals surface area (Å²) < 4.78 is 26.1. The smallest absolute Gasteiger partial charge is 0.276 e. The SMILES string of the molecule is CC(=O)N1CCN(c2ccc(C(=O)Nc3ccc(F)c(F)c3)nn2)CC1. The van der Waals surface area contributed by atoms with Gasteiger partial charge in [0.2, 0.25) is 5.91 Å². The Balaban J connectivity index is 1.63. The van der Waals surface area contributed by atoms with E-state index in [1.54, 1.807) is 11.0 Å². The van der Waals surface area contributed by atoms with E-state index in [0.29, 0.717) is 32.0 Å². The second-order valence-electron chi connectivity index (χ2n) is 5.85. The normalized spacial score (nSPS) is 14.3. The molecule has 1 fully saturated rings. The van der Waals surface area contributed by atoms with Gasteiger partial charge in [-0.05, 0) is 24.3 Å². The maximum Gasteiger partial charge on any atom is 0.276 e. The number of carbonyl (C=O) groups is 2. The van der Waals surface area contributed by atoms with Gasteiger partial charge in [0.05, 0.1) is 0 Å². The number of nitrogens with one attached hydrogen (secondary N) is 1. The summed E-state index contributed by atoms with van der Waals surface area (Å²) in [4.78, 5) is 27.2. The van der Waals surface area contributed by atoms with E-state index in [-0.39, 0.29) is 17.3 Å². The molecule has 1 N–H and O–H groups in total. The van der Waals surface area contributed by atoms with Gasteiger partial charge in [0.15, 0.2) is 23.1 Å². The molecule has 2 aromatic rings. The lowest BCUT2D eigenvalue weighted by Crippen LogP contribution is -2.48. The molecule has 9 heteroatoms. The third-order valence-electron chi connectivity index (χ3n) is 4.11. The molecule has 3 rings (SSSR count). The second-order valence-corrected chi connectivity index (χ2v) is 5.85. The van der Waals surface area contributed by atoms with Gasteiger partial charge in [-0.1, -0.05) is 0 Å². The largest absolute Gasteiger partial charge is 0.352 e. The summed E-state index contributed by atoms with van der Waals surface area (Å²) in [5, 5.41) is 10.4. The van der Waals surface area contributed by atoms with Gasteiger partial charge < -0.3 is 15.1 Å². The molecule has 1 aromatic heterocycles. The third-order valence-corrected chi connectivity index (χ3v) is 4.11. The molecule has 136 valence electrons. The number of piperazine rings is 1. The van der Waals surface area contributed by atoms with Crippen LogP contribution in [0.4, 0.5) is 20.3 Å². The fourth-order valence-electron chi connectivity index (χ4n) is 2.63. The van der Waals surface area contributed by atoms with Crippen LogP contribution in [0, 0.1) is 11.6 Å². The monoisotopic (exact) mass is 361 g/mol. The molecule has 0 aliphatic carbocycles. The molecular formula is C17H17F2N5O2. The van der Waals surface area contributed by atoms with Gasteiger partial charge in [-0.2, -0.15) is 0 Å². The summed E-state index contributed by atoms with van der Waals surface area (Å²) in [6.07, 6.45) is 0. The molecule has 26 heavy (non-hydrogen) atoms. The van der Waals surface area contributed by atoms with Crippen molar-refractivity contribution in [3.05, 3.63) is 47.7 Å². The quantitative estimate of drug-likeness (QED) is 0.900. The minimum atomic E-state index is -1.05. The Bertz CT molecular complexity index is 820. The Morgan fingerprint density at radius 2 is 1.73 bits per heavy atom. The number of aromatic nitrogens is 2. The van der Waals surface area contributed by atoms with Crippen molar-refractivity contribution >= 4 is 23.3 Å². The second kappa shape index (κ2) is 7.42. The minimum absolute atomic E-state index is 0.0417. The van der Waals surface area contributed by atoms with E-state index in [1.165, 1.54) is 19.1 Å². The molecule has 0 unspecified atom stereocenters. The zero-order valence-electron chi connectivity index (χ0n) is 14.1. The molecule has 1 aliphatic heterocycles. The fraction of sp³-hybridized carbons (Fsp3) is 0.294. The number of hydrogen-bond acceptors (Lipinski definition) is 5. The summed E-state index contributed by atoms with van der Waals surface area (Å²) in [6, 6.07) is 6.25. The average molecular weight is 361 g/mol. The van der Waals surface area contributed by atoms with Gasteiger partial charge in [0, 0.05) is 44.9 Å². The van der Waals surface area contributed by atoms with Crippen molar-refractivity contribution in [3.8, 4) is 0 Å². The molecule has 2 heterocycles. The van der Waals surface area contributed by atoms with Gasteiger partial charge in [0.25, 0.3) is 5.91 Å². The number of nitrogens with zero attached hydrogens (tertiary/aromatic N) is 4. The van der Waals surface area contributed by atoms with Crippen LogP contribution in [0.2, 0.25) is 0 Å². The fourth-order valence-corrected chi connectivity index (χ4v) is 2.63. The lowest BCUT2D eigenvalue weighted by atomic mass is 10.2. The first kappa shape index (κ1) is 17.7. The summed E-state index contributed by atoms with van der Waals surface area (Å²) >= 11 is 0. The number of rotatable bonds is 3. The molecule has 7 nitrogen and oxygen atoms in total. The van der Waals surface area contributed by atoms with E-state index in [2.05, 4.69) is 15.5 Å². The molecule has 0 spiro atoms.